The average molecular weight is 350 g/mol. The highest BCUT2D eigenvalue weighted by molar-refractivity contribution is 6.46. The van der Waals surface area contributed by atoms with E-state index in [4.69, 9.17) is 0 Å². The Hall–Kier alpha value is -3.64. The quantitative estimate of drug-likeness (QED) is 0.243. The summed E-state index contributed by atoms with van der Waals surface area (Å²) >= 11 is 0. The van der Waals surface area contributed by atoms with Crippen LogP contribution >= 0.6 is 0 Å². The van der Waals surface area contributed by atoms with E-state index in [1.807, 2.05) is 0 Å². The zero-order valence-electron chi connectivity index (χ0n) is 15.1. The highest BCUT2D eigenvalue weighted by atomic mass is 14.2. The minimum atomic E-state index is 1.35. The van der Waals surface area contributed by atoms with Crippen LogP contribution in [0.15, 0.2) is 84.9 Å². The molecule has 0 amide bonds. The number of hydrogen-bond acceptors (Lipinski definition) is 0. The van der Waals surface area contributed by atoms with Crippen LogP contribution in [-0.4, -0.2) is 0 Å². The second-order valence-corrected chi connectivity index (χ2v) is 8.12. The van der Waals surface area contributed by atoms with Gasteiger partial charge in [0.05, 0.1) is 0 Å². The zero-order valence-corrected chi connectivity index (χ0v) is 15.1. The first-order chi connectivity index (χ1) is 13.9. The molecule has 0 aromatic heterocycles. The molecular weight excluding hydrogens is 336 g/mol. The van der Waals surface area contributed by atoms with Crippen molar-refractivity contribution in [3.05, 3.63) is 84.9 Å². The summed E-state index contributed by atoms with van der Waals surface area (Å²) in [4.78, 5) is 0. The fourth-order valence-electron chi connectivity index (χ4n) is 5.88. The zero-order chi connectivity index (χ0) is 18.0. The van der Waals surface area contributed by atoms with E-state index in [9.17, 15) is 0 Å². The van der Waals surface area contributed by atoms with Crippen LogP contribution in [0.5, 0.6) is 0 Å². The van der Waals surface area contributed by atoms with Gasteiger partial charge < -0.3 is 0 Å². The van der Waals surface area contributed by atoms with Gasteiger partial charge in [-0.1, -0.05) is 72.8 Å². The van der Waals surface area contributed by atoms with Crippen molar-refractivity contribution in [3.63, 3.8) is 0 Å². The van der Waals surface area contributed by atoms with Gasteiger partial charge in [-0.3, -0.25) is 0 Å². The standard InChI is InChI=1S/C28H14/c1-5-15-13-16-6-2-11-21-24(16)23(15)19(9-1)27-20-10-3-7-17-14-18-8-4-12-22(28(21)27)26(18)25(17)20/h1-14H. The van der Waals surface area contributed by atoms with E-state index in [1.54, 1.807) is 0 Å². The fraction of sp³-hybridized carbons (Fsp3) is 0. The monoisotopic (exact) mass is 350 g/mol. The molecule has 8 aromatic carbocycles. The Bertz CT molecular complexity index is 1580. The third-order valence-corrected chi connectivity index (χ3v) is 6.84. The Labute approximate surface area is 160 Å². The first kappa shape index (κ1) is 13.5. The van der Waals surface area contributed by atoms with Gasteiger partial charge in [0.1, 0.15) is 0 Å². The minimum Gasteiger partial charge on any atom is -0.0610 e. The van der Waals surface area contributed by atoms with Crippen LogP contribution in [0.3, 0.4) is 0 Å². The lowest BCUT2D eigenvalue weighted by Crippen LogP contribution is -1.86. The molecule has 0 fully saturated rings. The number of benzene rings is 6. The lowest BCUT2D eigenvalue weighted by atomic mass is 9.87. The summed E-state index contributed by atoms with van der Waals surface area (Å²) in [6.07, 6.45) is 0. The van der Waals surface area contributed by atoms with Crippen molar-refractivity contribution >= 4 is 75.4 Å². The molecule has 0 atom stereocenters. The molecule has 0 unspecified atom stereocenters. The molecule has 0 saturated heterocycles. The Morgan fingerprint density at radius 2 is 0.571 bits per heavy atom. The van der Waals surface area contributed by atoms with E-state index >= 15 is 0 Å². The molecule has 0 aliphatic carbocycles. The third kappa shape index (κ3) is 1.31. The summed E-state index contributed by atoms with van der Waals surface area (Å²) in [5.41, 5.74) is 0. The summed E-state index contributed by atoms with van der Waals surface area (Å²) < 4.78 is 0. The first-order valence-corrected chi connectivity index (χ1v) is 9.88. The Kier molecular flexibility index (Phi) is 2.06. The van der Waals surface area contributed by atoms with E-state index < -0.39 is 0 Å². The van der Waals surface area contributed by atoms with Crippen molar-refractivity contribution in [2.45, 2.75) is 0 Å². The van der Waals surface area contributed by atoms with Gasteiger partial charge >= 0.3 is 0 Å². The van der Waals surface area contributed by atoms with Gasteiger partial charge in [0.25, 0.3) is 0 Å². The molecule has 0 radical (unpaired) electrons. The lowest BCUT2D eigenvalue weighted by Gasteiger charge is -2.15. The number of rotatable bonds is 0. The van der Waals surface area contributed by atoms with Gasteiger partial charge in [-0.2, -0.15) is 0 Å². The van der Waals surface area contributed by atoms with Crippen LogP contribution in [-0.2, 0) is 0 Å². The minimum absolute atomic E-state index is 1.35. The van der Waals surface area contributed by atoms with Crippen LogP contribution in [0.25, 0.3) is 75.4 Å². The second kappa shape index (κ2) is 4.26. The molecule has 0 aliphatic heterocycles. The predicted molar refractivity (Wildman–Crippen MR) is 123 cm³/mol. The van der Waals surface area contributed by atoms with Crippen LogP contribution < -0.4 is 0 Å². The molecule has 0 heteroatoms. The summed E-state index contributed by atoms with van der Waals surface area (Å²) in [7, 11) is 0. The smallest absolute Gasteiger partial charge is 0.00134 e. The highest BCUT2D eigenvalue weighted by Crippen LogP contribution is 2.49. The summed E-state index contributed by atoms with van der Waals surface area (Å²) in [5.74, 6) is 0. The maximum absolute atomic E-state index is 2.35. The van der Waals surface area contributed by atoms with Crippen LogP contribution in [0.1, 0.15) is 0 Å². The maximum atomic E-state index is 2.35. The Morgan fingerprint density at radius 3 is 0.857 bits per heavy atom. The molecule has 0 N–H and O–H groups in total. The van der Waals surface area contributed by atoms with Crippen LogP contribution in [0.2, 0.25) is 0 Å². The van der Waals surface area contributed by atoms with Gasteiger partial charge in [-0.05, 0) is 87.5 Å². The van der Waals surface area contributed by atoms with E-state index in [0.717, 1.165) is 0 Å². The molecule has 126 valence electrons. The fourth-order valence-corrected chi connectivity index (χ4v) is 5.88. The summed E-state index contributed by atoms with van der Waals surface area (Å²) in [6, 6.07) is 31.9. The van der Waals surface area contributed by atoms with Gasteiger partial charge in [-0.15, -0.1) is 0 Å². The van der Waals surface area contributed by atoms with E-state index in [1.165, 1.54) is 75.4 Å². The average Bonchev–Trinajstić information content (AvgIpc) is 3.31. The van der Waals surface area contributed by atoms with E-state index in [0.29, 0.717) is 0 Å². The second-order valence-electron chi connectivity index (χ2n) is 8.12. The van der Waals surface area contributed by atoms with Crippen molar-refractivity contribution in [1.82, 2.24) is 0 Å². The van der Waals surface area contributed by atoms with Crippen molar-refractivity contribution in [2.75, 3.05) is 0 Å². The van der Waals surface area contributed by atoms with Crippen LogP contribution in [0, 0.1) is 0 Å². The molecule has 0 spiro atoms. The van der Waals surface area contributed by atoms with Gasteiger partial charge in [0.2, 0.25) is 0 Å². The van der Waals surface area contributed by atoms with Crippen molar-refractivity contribution < 1.29 is 0 Å². The van der Waals surface area contributed by atoms with Crippen LogP contribution in [0.4, 0.5) is 0 Å². The highest BCUT2D eigenvalue weighted by Gasteiger charge is 2.20. The molecular formula is C28H14. The normalized spacial score (nSPS) is 13.0. The molecule has 28 heavy (non-hydrogen) atoms. The van der Waals surface area contributed by atoms with Gasteiger partial charge in [0, 0.05) is 0 Å². The number of fused-ring (bicyclic) bond motifs is 5. The third-order valence-electron chi connectivity index (χ3n) is 6.84. The van der Waals surface area contributed by atoms with Crippen molar-refractivity contribution in [1.29, 1.82) is 0 Å². The molecule has 0 aliphatic rings. The number of hydrogen-bond donors (Lipinski definition) is 0. The summed E-state index contributed by atoms with van der Waals surface area (Å²) in [6.45, 7) is 0. The topological polar surface area (TPSA) is 0 Å². The maximum Gasteiger partial charge on any atom is -0.00134 e. The predicted octanol–water partition coefficient (Wildman–Crippen LogP) is 8.07. The molecule has 0 bridgehead atoms. The summed E-state index contributed by atoms with van der Waals surface area (Å²) in [5, 5.41) is 19.5. The SMILES string of the molecule is c1cc2cc3cccc4c3c2c(c1)c1c2cccc3cc5cccc(c5c32)c41. The Morgan fingerprint density at radius 1 is 0.286 bits per heavy atom. The molecule has 0 nitrogen and oxygen atoms in total. The van der Waals surface area contributed by atoms with E-state index in [-0.39, 0.29) is 0 Å². The van der Waals surface area contributed by atoms with E-state index in [2.05, 4.69) is 84.9 Å². The molecule has 8 rings (SSSR count). The Balaban J connectivity index is 1.93. The van der Waals surface area contributed by atoms with Crippen molar-refractivity contribution in [2.24, 2.45) is 0 Å². The van der Waals surface area contributed by atoms with Gasteiger partial charge in [0.15, 0.2) is 0 Å². The largest absolute Gasteiger partial charge is 0.0610 e. The van der Waals surface area contributed by atoms with Gasteiger partial charge in [-0.25, -0.2) is 0 Å². The molecule has 0 heterocycles. The molecule has 8 aromatic rings. The molecule has 0 saturated carbocycles. The lowest BCUT2D eigenvalue weighted by molar-refractivity contribution is 1.88. The first-order valence-electron chi connectivity index (χ1n) is 9.88. The van der Waals surface area contributed by atoms with Crippen molar-refractivity contribution in [3.8, 4) is 0 Å².